The van der Waals surface area contributed by atoms with Crippen molar-refractivity contribution in [1.82, 2.24) is 0 Å². The van der Waals surface area contributed by atoms with Gasteiger partial charge in [-0.25, -0.2) is 0 Å². The van der Waals surface area contributed by atoms with Crippen LogP contribution in [0.25, 0.3) is 0 Å². The predicted octanol–water partition coefficient (Wildman–Crippen LogP) is 2.08. The fourth-order valence-electron chi connectivity index (χ4n) is 2.68. The molecule has 1 unspecified atom stereocenters. The Labute approximate surface area is 111 Å². The zero-order chi connectivity index (χ0) is 12.8. The van der Waals surface area contributed by atoms with Gasteiger partial charge in [0.25, 0.3) is 0 Å². The van der Waals surface area contributed by atoms with Gasteiger partial charge in [0.2, 0.25) is 0 Å². The van der Waals surface area contributed by atoms with E-state index in [1.807, 2.05) is 0 Å². The molecule has 18 heavy (non-hydrogen) atoms. The molecular formula is C16H26NO+. The molecule has 100 valence electrons. The van der Waals surface area contributed by atoms with Crippen molar-refractivity contribution in [3.8, 4) is 5.75 Å². The van der Waals surface area contributed by atoms with Gasteiger partial charge in [0.1, 0.15) is 5.75 Å². The molecule has 1 saturated heterocycles. The molecular weight excluding hydrogens is 222 g/mol. The third kappa shape index (κ3) is 4.34. The fraction of sp³-hybridized carbons (Fsp3) is 0.625. The molecule has 2 nitrogen and oxygen atoms in total. The van der Waals surface area contributed by atoms with Crippen LogP contribution in [0.4, 0.5) is 0 Å². The molecule has 1 aliphatic heterocycles. The predicted molar refractivity (Wildman–Crippen MR) is 75.3 cm³/mol. The van der Waals surface area contributed by atoms with Gasteiger partial charge >= 0.3 is 0 Å². The zero-order valence-corrected chi connectivity index (χ0v) is 11.7. The molecule has 1 aliphatic rings. The maximum Gasteiger partial charge on any atom is 0.119 e. The summed E-state index contributed by atoms with van der Waals surface area (Å²) in [7, 11) is 0. The monoisotopic (exact) mass is 248 g/mol. The molecule has 0 saturated carbocycles. The SMILES string of the molecule is Cc1ccc(OCC(C)C[NH+]2CCCCC2)cc1. The van der Waals surface area contributed by atoms with Gasteiger partial charge < -0.3 is 9.64 Å². The third-order valence-corrected chi connectivity index (χ3v) is 3.75. The Kier molecular flexibility index (Phi) is 5.06. The van der Waals surface area contributed by atoms with Gasteiger partial charge in [-0.2, -0.15) is 0 Å². The first-order chi connectivity index (χ1) is 8.74. The summed E-state index contributed by atoms with van der Waals surface area (Å²) >= 11 is 0. The summed E-state index contributed by atoms with van der Waals surface area (Å²) in [6.07, 6.45) is 4.24. The van der Waals surface area contributed by atoms with Crippen molar-refractivity contribution in [2.24, 2.45) is 5.92 Å². The van der Waals surface area contributed by atoms with Crippen LogP contribution in [-0.2, 0) is 0 Å². The summed E-state index contributed by atoms with van der Waals surface area (Å²) in [5.41, 5.74) is 1.29. The maximum absolute atomic E-state index is 5.85. The molecule has 0 spiro atoms. The Hall–Kier alpha value is -1.02. The first-order valence-corrected chi connectivity index (χ1v) is 7.27. The van der Waals surface area contributed by atoms with Gasteiger partial charge in [0, 0.05) is 5.92 Å². The molecule has 0 amide bonds. The van der Waals surface area contributed by atoms with E-state index in [4.69, 9.17) is 4.74 Å². The highest BCUT2D eigenvalue weighted by molar-refractivity contribution is 5.26. The van der Waals surface area contributed by atoms with E-state index in [9.17, 15) is 0 Å². The largest absolute Gasteiger partial charge is 0.493 e. The van der Waals surface area contributed by atoms with Crippen LogP contribution in [-0.4, -0.2) is 26.2 Å². The smallest absolute Gasteiger partial charge is 0.119 e. The van der Waals surface area contributed by atoms with Crippen molar-refractivity contribution in [2.45, 2.75) is 33.1 Å². The minimum Gasteiger partial charge on any atom is -0.493 e. The molecule has 2 heteroatoms. The number of quaternary nitrogens is 1. The Morgan fingerprint density at radius 1 is 1.11 bits per heavy atom. The van der Waals surface area contributed by atoms with Crippen LogP contribution in [0.2, 0.25) is 0 Å². The van der Waals surface area contributed by atoms with Crippen molar-refractivity contribution in [1.29, 1.82) is 0 Å². The summed E-state index contributed by atoms with van der Waals surface area (Å²) in [4.78, 5) is 1.77. The van der Waals surface area contributed by atoms with Crippen molar-refractivity contribution in [2.75, 3.05) is 26.2 Å². The lowest BCUT2D eigenvalue weighted by atomic mass is 10.1. The molecule has 1 atom stereocenters. The highest BCUT2D eigenvalue weighted by Gasteiger charge is 2.16. The minimum absolute atomic E-state index is 0.638. The number of rotatable bonds is 5. The van der Waals surface area contributed by atoms with Crippen LogP contribution < -0.4 is 9.64 Å². The lowest BCUT2D eigenvalue weighted by Gasteiger charge is -2.26. The van der Waals surface area contributed by atoms with Gasteiger partial charge in [-0.1, -0.05) is 24.6 Å². The van der Waals surface area contributed by atoms with E-state index in [0.717, 1.165) is 12.4 Å². The lowest BCUT2D eigenvalue weighted by molar-refractivity contribution is -0.908. The third-order valence-electron chi connectivity index (χ3n) is 3.75. The number of nitrogens with one attached hydrogen (secondary N) is 1. The second-order valence-electron chi connectivity index (χ2n) is 5.74. The molecule has 1 heterocycles. The number of likely N-dealkylation sites (tertiary alicyclic amines) is 1. The quantitative estimate of drug-likeness (QED) is 0.842. The van der Waals surface area contributed by atoms with E-state index >= 15 is 0 Å². The minimum atomic E-state index is 0.638. The van der Waals surface area contributed by atoms with E-state index in [1.165, 1.54) is 44.5 Å². The molecule has 0 aromatic heterocycles. The number of hydrogen-bond acceptors (Lipinski definition) is 1. The number of hydrogen-bond donors (Lipinski definition) is 1. The van der Waals surface area contributed by atoms with Gasteiger partial charge in [-0.05, 0) is 38.3 Å². The van der Waals surface area contributed by atoms with Gasteiger partial charge in [-0.3, -0.25) is 0 Å². The second-order valence-corrected chi connectivity index (χ2v) is 5.74. The summed E-state index contributed by atoms with van der Waals surface area (Å²) in [5, 5.41) is 0. The molecule has 2 rings (SSSR count). The summed E-state index contributed by atoms with van der Waals surface area (Å²) in [5.74, 6) is 1.64. The number of ether oxygens (including phenoxy) is 1. The number of benzene rings is 1. The van der Waals surface area contributed by atoms with E-state index in [1.54, 1.807) is 4.90 Å². The summed E-state index contributed by atoms with van der Waals surface area (Å²) < 4.78 is 5.85. The summed E-state index contributed by atoms with van der Waals surface area (Å²) in [6.45, 7) is 9.21. The van der Waals surface area contributed by atoms with E-state index in [2.05, 4.69) is 38.1 Å². The maximum atomic E-state index is 5.85. The average molecular weight is 248 g/mol. The van der Waals surface area contributed by atoms with E-state index < -0.39 is 0 Å². The molecule has 1 aromatic carbocycles. The van der Waals surface area contributed by atoms with E-state index in [-0.39, 0.29) is 0 Å². The first kappa shape index (κ1) is 13.4. The number of piperidine rings is 1. The van der Waals surface area contributed by atoms with Crippen LogP contribution in [0, 0.1) is 12.8 Å². The lowest BCUT2D eigenvalue weighted by Crippen LogP contribution is -3.13. The van der Waals surface area contributed by atoms with Crippen molar-refractivity contribution >= 4 is 0 Å². The Balaban J connectivity index is 1.70. The topological polar surface area (TPSA) is 13.7 Å². The van der Waals surface area contributed by atoms with Gasteiger partial charge in [0.15, 0.2) is 0 Å². The van der Waals surface area contributed by atoms with Crippen LogP contribution in [0.5, 0.6) is 5.75 Å². The zero-order valence-electron chi connectivity index (χ0n) is 11.7. The second kappa shape index (κ2) is 6.79. The van der Waals surface area contributed by atoms with Crippen molar-refractivity contribution in [3.05, 3.63) is 29.8 Å². The highest BCUT2D eigenvalue weighted by atomic mass is 16.5. The van der Waals surface area contributed by atoms with Crippen molar-refractivity contribution < 1.29 is 9.64 Å². The average Bonchev–Trinajstić information content (AvgIpc) is 2.39. The Morgan fingerprint density at radius 2 is 1.78 bits per heavy atom. The Bertz CT molecular complexity index is 341. The van der Waals surface area contributed by atoms with Crippen molar-refractivity contribution in [3.63, 3.8) is 0 Å². The summed E-state index contributed by atoms with van der Waals surface area (Å²) in [6, 6.07) is 8.34. The standard InChI is InChI=1S/C16H25NO/c1-14-6-8-16(9-7-14)18-13-15(2)12-17-10-4-3-5-11-17/h6-9,15H,3-5,10-13H2,1-2H3/p+1. The van der Waals surface area contributed by atoms with Crippen LogP contribution in [0.3, 0.4) is 0 Å². The van der Waals surface area contributed by atoms with E-state index in [0.29, 0.717) is 5.92 Å². The van der Waals surface area contributed by atoms with Gasteiger partial charge in [0.05, 0.1) is 26.2 Å². The van der Waals surface area contributed by atoms with Crippen LogP contribution in [0.1, 0.15) is 31.7 Å². The highest BCUT2D eigenvalue weighted by Crippen LogP contribution is 2.12. The molecule has 1 fully saturated rings. The molecule has 0 aliphatic carbocycles. The normalized spacial score (nSPS) is 18.6. The molecule has 1 aromatic rings. The van der Waals surface area contributed by atoms with Crippen LogP contribution >= 0.6 is 0 Å². The van der Waals surface area contributed by atoms with Gasteiger partial charge in [-0.15, -0.1) is 0 Å². The molecule has 0 bridgehead atoms. The molecule has 1 N–H and O–H groups in total. The fourth-order valence-corrected chi connectivity index (χ4v) is 2.68. The Morgan fingerprint density at radius 3 is 2.44 bits per heavy atom. The first-order valence-electron chi connectivity index (χ1n) is 7.27. The molecule has 0 radical (unpaired) electrons. The number of aryl methyl sites for hydroxylation is 1. The van der Waals surface area contributed by atoms with Crippen LogP contribution in [0.15, 0.2) is 24.3 Å².